The van der Waals surface area contributed by atoms with E-state index in [-0.39, 0.29) is 0 Å². The van der Waals surface area contributed by atoms with Crippen LogP contribution in [0.5, 0.6) is 0 Å². The van der Waals surface area contributed by atoms with Gasteiger partial charge < -0.3 is 14.6 Å². The molecular formula is C21H29ClN2O. The molecule has 0 bridgehead atoms. The van der Waals surface area contributed by atoms with Gasteiger partial charge in [0.1, 0.15) is 0 Å². The minimum atomic E-state index is -0.597. The van der Waals surface area contributed by atoms with E-state index in [0.29, 0.717) is 18.4 Å². The normalized spacial score (nSPS) is 30.6. The molecule has 0 spiro atoms. The first-order valence-electron chi connectivity index (χ1n) is 9.55. The zero-order valence-corrected chi connectivity index (χ0v) is 16.3. The molecule has 2 aliphatic rings. The Kier molecular flexibility index (Phi) is 4.38. The number of aliphatic hydroxyl groups is 1. The van der Waals surface area contributed by atoms with E-state index in [2.05, 4.69) is 42.5 Å². The van der Waals surface area contributed by atoms with Gasteiger partial charge in [0.25, 0.3) is 0 Å². The maximum Gasteiger partial charge on any atom is 0.0831 e. The number of hydrogen-bond donors (Lipinski definition) is 1. The van der Waals surface area contributed by atoms with Crippen LogP contribution in [0.1, 0.15) is 44.4 Å². The Bertz CT molecular complexity index is 787. The highest BCUT2D eigenvalue weighted by molar-refractivity contribution is 6.31. The van der Waals surface area contributed by atoms with Gasteiger partial charge in [-0.15, -0.1) is 0 Å². The van der Waals surface area contributed by atoms with Gasteiger partial charge in [0.15, 0.2) is 0 Å². The Labute approximate surface area is 155 Å². The van der Waals surface area contributed by atoms with Crippen LogP contribution in [0.3, 0.4) is 0 Å². The molecule has 2 heterocycles. The molecule has 1 N–H and O–H groups in total. The van der Waals surface area contributed by atoms with E-state index in [4.69, 9.17) is 11.6 Å². The molecule has 0 saturated heterocycles. The van der Waals surface area contributed by atoms with E-state index in [9.17, 15) is 5.11 Å². The maximum atomic E-state index is 11.4. The van der Waals surface area contributed by atoms with Crippen molar-refractivity contribution in [1.82, 2.24) is 9.47 Å². The van der Waals surface area contributed by atoms with Gasteiger partial charge in [0, 0.05) is 41.1 Å². The van der Waals surface area contributed by atoms with Crippen LogP contribution in [0.15, 0.2) is 18.2 Å². The van der Waals surface area contributed by atoms with E-state index in [1.807, 2.05) is 6.07 Å². The summed E-state index contributed by atoms with van der Waals surface area (Å²) >= 11 is 6.29. The van der Waals surface area contributed by atoms with E-state index >= 15 is 0 Å². The topological polar surface area (TPSA) is 28.4 Å². The smallest absolute Gasteiger partial charge is 0.0831 e. The van der Waals surface area contributed by atoms with Crippen LogP contribution in [0.4, 0.5) is 0 Å². The number of halogens is 1. The summed E-state index contributed by atoms with van der Waals surface area (Å²) in [6.45, 7) is 7.29. The van der Waals surface area contributed by atoms with Crippen LogP contribution in [0.2, 0.25) is 5.02 Å². The predicted octanol–water partition coefficient (Wildman–Crippen LogP) is 4.47. The van der Waals surface area contributed by atoms with Crippen molar-refractivity contribution in [1.29, 1.82) is 0 Å². The van der Waals surface area contributed by atoms with Crippen molar-refractivity contribution in [2.45, 2.75) is 58.2 Å². The Morgan fingerprint density at radius 3 is 2.68 bits per heavy atom. The van der Waals surface area contributed by atoms with Gasteiger partial charge in [-0.05, 0) is 61.9 Å². The van der Waals surface area contributed by atoms with Crippen LogP contribution in [0.25, 0.3) is 10.9 Å². The average Bonchev–Trinajstić information content (AvgIpc) is 2.78. The van der Waals surface area contributed by atoms with Crippen molar-refractivity contribution < 1.29 is 5.11 Å². The predicted molar refractivity (Wildman–Crippen MR) is 104 cm³/mol. The number of likely N-dealkylation sites (N-methyl/N-ethyl adjacent to an activating group) is 1. The van der Waals surface area contributed by atoms with E-state index < -0.39 is 5.60 Å². The first-order valence-corrected chi connectivity index (χ1v) is 9.93. The summed E-state index contributed by atoms with van der Waals surface area (Å²) in [7, 11) is 2.18. The number of rotatable bonds is 2. The molecule has 2 aromatic rings. The fraction of sp³-hybridized carbons (Fsp3) is 0.619. The number of hydrogen-bond acceptors (Lipinski definition) is 2. The summed E-state index contributed by atoms with van der Waals surface area (Å²) in [5, 5.41) is 13.4. The molecule has 3 nitrogen and oxygen atoms in total. The highest BCUT2D eigenvalue weighted by Gasteiger charge is 2.37. The maximum absolute atomic E-state index is 11.4. The molecule has 4 rings (SSSR count). The molecule has 0 radical (unpaired) electrons. The second-order valence-corrected chi connectivity index (χ2v) is 9.18. The number of nitrogens with zero attached hydrogens (tertiary/aromatic N) is 2. The average molecular weight is 361 g/mol. The standard InChI is InChI=1S/C21H29ClN2O/c1-14-8-15(2)11-21(25,10-14)13-24-19-5-4-16(22)9-17(19)18-12-23(3)7-6-20(18)24/h4-5,9,14-15,25H,6-8,10-13H2,1-3H3. The summed E-state index contributed by atoms with van der Waals surface area (Å²) in [4.78, 5) is 2.37. The minimum absolute atomic E-state index is 0.590. The molecule has 2 atom stereocenters. The fourth-order valence-corrected chi connectivity index (χ4v) is 5.57. The van der Waals surface area contributed by atoms with Gasteiger partial charge in [-0.2, -0.15) is 0 Å². The van der Waals surface area contributed by atoms with Crippen molar-refractivity contribution in [3.63, 3.8) is 0 Å². The highest BCUT2D eigenvalue weighted by Crippen LogP contribution is 2.39. The van der Waals surface area contributed by atoms with Gasteiger partial charge in [-0.25, -0.2) is 0 Å². The third-order valence-electron chi connectivity index (χ3n) is 6.12. The quantitative estimate of drug-likeness (QED) is 0.855. The largest absolute Gasteiger partial charge is 0.388 e. The first-order chi connectivity index (χ1) is 11.8. The van der Waals surface area contributed by atoms with Gasteiger partial charge in [0.2, 0.25) is 0 Å². The van der Waals surface area contributed by atoms with Gasteiger partial charge in [0.05, 0.1) is 12.1 Å². The van der Waals surface area contributed by atoms with Crippen LogP contribution >= 0.6 is 11.6 Å². The highest BCUT2D eigenvalue weighted by atomic mass is 35.5. The SMILES string of the molecule is CC1CC(C)CC(O)(Cn2c3c(c4cc(Cl)ccc42)CN(C)CC3)C1. The van der Waals surface area contributed by atoms with Crippen LogP contribution in [0, 0.1) is 11.8 Å². The zero-order chi connectivity index (χ0) is 17.8. The van der Waals surface area contributed by atoms with E-state index in [1.54, 1.807) is 0 Å². The molecular weight excluding hydrogens is 332 g/mol. The zero-order valence-electron chi connectivity index (χ0n) is 15.6. The van der Waals surface area contributed by atoms with Crippen molar-refractivity contribution in [3.05, 3.63) is 34.5 Å². The summed E-state index contributed by atoms with van der Waals surface area (Å²) in [5.41, 5.74) is 3.42. The van der Waals surface area contributed by atoms with Crippen molar-refractivity contribution >= 4 is 22.5 Å². The lowest BCUT2D eigenvalue weighted by Gasteiger charge is -2.40. The lowest BCUT2D eigenvalue weighted by molar-refractivity contribution is -0.0438. The molecule has 25 heavy (non-hydrogen) atoms. The van der Waals surface area contributed by atoms with Crippen LogP contribution in [-0.2, 0) is 19.5 Å². The van der Waals surface area contributed by atoms with Crippen LogP contribution < -0.4 is 0 Å². The van der Waals surface area contributed by atoms with Gasteiger partial charge in [-0.1, -0.05) is 25.4 Å². The number of benzene rings is 1. The molecule has 1 fully saturated rings. The summed E-state index contributed by atoms with van der Waals surface area (Å²) in [6.07, 6.45) is 4.07. The van der Waals surface area contributed by atoms with Crippen molar-refractivity contribution in [2.24, 2.45) is 11.8 Å². The molecule has 1 aromatic carbocycles. The minimum Gasteiger partial charge on any atom is -0.388 e. The summed E-state index contributed by atoms with van der Waals surface area (Å²) < 4.78 is 2.40. The van der Waals surface area contributed by atoms with E-state index in [0.717, 1.165) is 37.4 Å². The number of aromatic nitrogens is 1. The molecule has 1 aliphatic heterocycles. The van der Waals surface area contributed by atoms with Crippen molar-refractivity contribution in [3.8, 4) is 0 Å². The fourth-order valence-electron chi connectivity index (χ4n) is 5.40. The molecule has 136 valence electrons. The Morgan fingerprint density at radius 2 is 1.96 bits per heavy atom. The van der Waals surface area contributed by atoms with Crippen LogP contribution in [-0.4, -0.2) is 33.8 Å². The molecule has 4 heteroatoms. The molecule has 1 aromatic heterocycles. The second kappa shape index (κ2) is 6.29. The van der Waals surface area contributed by atoms with Crippen molar-refractivity contribution in [2.75, 3.05) is 13.6 Å². The third-order valence-corrected chi connectivity index (χ3v) is 6.36. The Morgan fingerprint density at radius 1 is 1.24 bits per heavy atom. The number of fused-ring (bicyclic) bond motifs is 3. The summed E-state index contributed by atoms with van der Waals surface area (Å²) in [6, 6.07) is 6.21. The Hall–Kier alpha value is -1.03. The molecule has 2 unspecified atom stereocenters. The molecule has 0 amide bonds. The van der Waals surface area contributed by atoms with Gasteiger partial charge >= 0.3 is 0 Å². The Balaban J connectivity index is 1.79. The molecule has 1 aliphatic carbocycles. The lowest BCUT2D eigenvalue weighted by atomic mass is 9.73. The first kappa shape index (κ1) is 17.4. The summed E-state index contributed by atoms with van der Waals surface area (Å²) in [5.74, 6) is 1.18. The molecule has 1 saturated carbocycles. The second-order valence-electron chi connectivity index (χ2n) is 8.74. The lowest BCUT2D eigenvalue weighted by Crippen LogP contribution is -2.42. The third kappa shape index (κ3) is 3.22. The van der Waals surface area contributed by atoms with E-state index in [1.165, 1.54) is 28.6 Å². The monoisotopic (exact) mass is 360 g/mol. The van der Waals surface area contributed by atoms with Gasteiger partial charge in [-0.3, -0.25) is 0 Å².